The number of nitrogens with zero attached hydrogens (tertiary/aromatic N) is 1. The van der Waals surface area contributed by atoms with Crippen LogP contribution >= 0.6 is 24.8 Å². The van der Waals surface area contributed by atoms with Crippen LogP contribution in [0.3, 0.4) is 0 Å². The maximum atomic E-state index is 12.2. The zero-order valence-electron chi connectivity index (χ0n) is 10.6. The maximum absolute atomic E-state index is 12.2. The average Bonchev–Trinajstić information content (AvgIpc) is 2.69. The zero-order chi connectivity index (χ0) is 11.7. The fraction of sp³-hybridized carbons (Fsp3) is 0.538. The molecule has 2 aliphatic heterocycles. The quantitative estimate of drug-likeness (QED) is 0.832. The first-order chi connectivity index (χ1) is 8.30. The molecular formula is C13H19Cl2N3O. The molecule has 1 spiro atoms. The van der Waals surface area contributed by atoms with E-state index in [-0.39, 0.29) is 42.2 Å². The number of amides is 1. The highest BCUT2D eigenvalue weighted by molar-refractivity contribution is 5.86. The number of piperidine rings is 1. The van der Waals surface area contributed by atoms with Gasteiger partial charge in [0.05, 0.1) is 11.5 Å². The largest absolute Gasteiger partial charge is 0.349 e. The highest BCUT2D eigenvalue weighted by Crippen LogP contribution is 2.43. The second kappa shape index (κ2) is 6.55. The molecule has 0 bridgehead atoms. The van der Waals surface area contributed by atoms with E-state index < -0.39 is 0 Å². The molecule has 6 heteroatoms. The Morgan fingerprint density at radius 1 is 1.26 bits per heavy atom. The summed E-state index contributed by atoms with van der Waals surface area (Å²) in [6.45, 7) is 1.90. The first-order valence-corrected chi connectivity index (χ1v) is 6.22. The van der Waals surface area contributed by atoms with Gasteiger partial charge in [-0.25, -0.2) is 0 Å². The fourth-order valence-corrected chi connectivity index (χ4v) is 2.97. The SMILES string of the molecule is Cl.Cl.O=C1NC(c2cccnc2)CC12CCNCC2. The number of carbonyl (C=O) groups is 1. The molecule has 3 rings (SSSR count). The molecule has 1 amide bonds. The van der Waals surface area contributed by atoms with E-state index in [1.54, 1.807) is 6.20 Å². The van der Waals surface area contributed by atoms with Crippen LogP contribution in [0.2, 0.25) is 0 Å². The van der Waals surface area contributed by atoms with Crippen LogP contribution in [-0.4, -0.2) is 24.0 Å². The molecule has 4 nitrogen and oxygen atoms in total. The van der Waals surface area contributed by atoms with Crippen molar-refractivity contribution < 1.29 is 4.79 Å². The van der Waals surface area contributed by atoms with Gasteiger partial charge >= 0.3 is 0 Å². The van der Waals surface area contributed by atoms with Crippen LogP contribution in [0.1, 0.15) is 30.9 Å². The van der Waals surface area contributed by atoms with Gasteiger partial charge in [0.15, 0.2) is 0 Å². The van der Waals surface area contributed by atoms with Crippen molar-refractivity contribution in [2.24, 2.45) is 5.41 Å². The lowest BCUT2D eigenvalue weighted by Gasteiger charge is -2.30. The Morgan fingerprint density at radius 2 is 2.00 bits per heavy atom. The van der Waals surface area contributed by atoms with Gasteiger partial charge in [-0.15, -0.1) is 24.8 Å². The predicted molar refractivity (Wildman–Crippen MR) is 78.8 cm³/mol. The molecule has 2 fully saturated rings. The van der Waals surface area contributed by atoms with E-state index in [0.717, 1.165) is 37.9 Å². The minimum absolute atomic E-state index is 0. The molecule has 0 saturated carbocycles. The van der Waals surface area contributed by atoms with Gasteiger partial charge in [0.1, 0.15) is 0 Å². The Bertz CT molecular complexity index is 421. The molecule has 3 heterocycles. The van der Waals surface area contributed by atoms with Crippen LogP contribution in [0.25, 0.3) is 0 Å². The number of nitrogens with one attached hydrogen (secondary N) is 2. The standard InChI is InChI=1S/C13H17N3O.2ClH/c17-12-13(3-6-14-7-4-13)8-11(16-12)10-2-1-5-15-9-10;;/h1-2,5,9,11,14H,3-4,6-8H2,(H,16,17);2*1H. The normalized spacial score (nSPS) is 24.2. The first kappa shape index (κ1) is 16.2. The maximum Gasteiger partial charge on any atom is 0.226 e. The Kier molecular flexibility index (Phi) is 5.59. The van der Waals surface area contributed by atoms with Gasteiger partial charge in [-0.1, -0.05) is 6.07 Å². The number of carbonyl (C=O) groups excluding carboxylic acids is 1. The summed E-state index contributed by atoms with van der Waals surface area (Å²) >= 11 is 0. The molecule has 0 aliphatic carbocycles. The van der Waals surface area contributed by atoms with Crippen molar-refractivity contribution in [2.45, 2.75) is 25.3 Å². The number of halogens is 2. The lowest BCUT2D eigenvalue weighted by Crippen LogP contribution is -2.41. The molecule has 2 aliphatic rings. The third-order valence-electron chi connectivity index (χ3n) is 4.03. The molecular weight excluding hydrogens is 285 g/mol. The van der Waals surface area contributed by atoms with Gasteiger partial charge in [-0.3, -0.25) is 9.78 Å². The number of pyridine rings is 1. The van der Waals surface area contributed by atoms with Gasteiger partial charge in [-0.05, 0) is 44.0 Å². The van der Waals surface area contributed by atoms with E-state index in [1.807, 2.05) is 18.3 Å². The Labute approximate surface area is 125 Å². The van der Waals surface area contributed by atoms with Crippen molar-refractivity contribution in [3.05, 3.63) is 30.1 Å². The molecule has 1 unspecified atom stereocenters. The molecule has 1 aromatic heterocycles. The van der Waals surface area contributed by atoms with Crippen molar-refractivity contribution in [2.75, 3.05) is 13.1 Å². The van der Waals surface area contributed by atoms with Crippen molar-refractivity contribution in [1.29, 1.82) is 0 Å². The van der Waals surface area contributed by atoms with Crippen LogP contribution < -0.4 is 10.6 Å². The van der Waals surface area contributed by atoms with E-state index in [0.29, 0.717) is 0 Å². The monoisotopic (exact) mass is 303 g/mol. The zero-order valence-corrected chi connectivity index (χ0v) is 12.2. The van der Waals surface area contributed by atoms with E-state index in [4.69, 9.17) is 0 Å². The topological polar surface area (TPSA) is 54.0 Å². The third kappa shape index (κ3) is 3.02. The minimum Gasteiger partial charge on any atom is -0.349 e. The van der Waals surface area contributed by atoms with Crippen LogP contribution in [0, 0.1) is 5.41 Å². The fourth-order valence-electron chi connectivity index (χ4n) is 2.97. The van der Waals surface area contributed by atoms with Gasteiger partial charge < -0.3 is 10.6 Å². The third-order valence-corrected chi connectivity index (χ3v) is 4.03. The minimum atomic E-state index is -0.133. The van der Waals surface area contributed by atoms with Crippen LogP contribution in [0.15, 0.2) is 24.5 Å². The number of rotatable bonds is 1. The van der Waals surface area contributed by atoms with E-state index in [2.05, 4.69) is 15.6 Å². The summed E-state index contributed by atoms with van der Waals surface area (Å²) in [4.78, 5) is 16.3. The molecule has 1 aromatic rings. The lowest BCUT2D eigenvalue weighted by molar-refractivity contribution is -0.128. The molecule has 106 valence electrons. The summed E-state index contributed by atoms with van der Waals surface area (Å²) in [5.41, 5.74) is 0.988. The second-order valence-corrected chi connectivity index (χ2v) is 5.05. The highest BCUT2D eigenvalue weighted by atomic mass is 35.5. The van der Waals surface area contributed by atoms with Gasteiger partial charge in [0, 0.05) is 12.4 Å². The molecule has 2 saturated heterocycles. The molecule has 0 aromatic carbocycles. The van der Waals surface area contributed by atoms with Gasteiger partial charge in [-0.2, -0.15) is 0 Å². The highest BCUT2D eigenvalue weighted by Gasteiger charge is 2.47. The van der Waals surface area contributed by atoms with Crippen molar-refractivity contribution in [3.63, 3.8) is 0 Å². The summed E-state index contributed by atoms with van der Waals surface area (Å²) in [6.07, 6.45) is 6.44. The molecule has 0 radical (unpaired) electrons. The summed E-state index contributed by atoms with van der Waals surface area (Å²) in [6, 6.07) is 4.11. The Balaban J connectivity index is 0.000000902. The van der Waals surface area contributed by atoms with Crippen LogP contribution in [0.4, 0.5) is 0 Å². The predicted octanol–water partition coefficient (Wildman–Crippen LogP) is 1.86. The Hall–Kier alpha value is -0.840. The van der Waals surface area contributed by atoms with E-state index >= 15 is 0 Å². The van der Waals surface area contributed by atoms with Gasteiger partial charge in [0.25, 0.3) is 0 Å². The summed E-state index contributed by atoms with van der Waals surface area (Å²) in [5.74, 6) is 0.229. The van der Waals surface area contributed by atoms with Crippen molar-refractivity contribution in [3.8, 4) is 0 Å². The molecule has 2 N–H and O–H groups in total. The second-order valence-electron chi connectivity index (χ2n) is 5.05. The number of hydrogen-bond acceptors (Lipinski definition) is 3. The first-order valence-electron chi connectivity index (χ1n) is 6.22. The van der Waals surface area contributed by atoms with E-state index in [9.17, 15) is 4.79 Å². The average molecular weight is 304 g/mol. The summed E-state index contributed by atoms with van der Waals surface area (Å²) < 4.78 is 0. The van der Waals surface area contributed by atoms with Gasteiger partial charge in [0.2, 0.25) is 5.91 Å². The summed E-state index contributed by atoms with van der Waals surface area (Å²) in [7, 11) is 0. The molecule has 1 atom stereocenters. The Morgan fingerprint density at radius 3 is 2.63 bits per heavy atom. The van der Waals surface area contributed by atoms with Crippen LogP contribution in [0.5, 0.6) is 0 Å². The van der Waals surface area contributed by atoms with Crippen molar-refractivity contribution in [1.82, 2.24) is 15.6 Å². The van der Waals surface area contributed by atoms with Crippen LogP contribution in [-0.2, 0) is 4.79 Å². The number of hydrogen-bond donors (Lipinski definition) is 2. The van der Waals surface area contributed by atoms with Crippen molar-refractivity contribution >= 4 is 30.7 Å². The smallest absolute Gasteiger partial charge is 0.226 e. The molecule has 19 heavy (non-hydrogen) atoms. The number of aromatic nitrogens is 1. The summed E-state index contributed by atoms with van der Waals surface area (Å²) in [5, 5.41) is 6.44. The van der Waals surface area contributed by atoms with E-state index in [1.165, 1.54) is 0 Å². The lowest BCUT2D eigenvalue weighted by atomic mass is 9.76.